The third kappa shape index (κ3) is 4.49. The lowest BCUT2D eigenvalue weighted by atomic mass is 10.3. The fraction of sp³-hybridized carbons (Fsp3) is 0.455. The summed E-state index contributed by atoms with van der Waals surface area (Å²) in [6.45, 7) is 10.9. The van der Waals surface area contributed by atoms with Gasteiger partial charge in [0.05, 0.1) is 9.96 Å². The van der Waals surface area contributed by atoms with E-state index in [4.69, 9.17) is 11.6 Å². The Bertz CT molecular complexity index is 320. The molecule has 5 heteroatoms. The highest BCUT2D eigenvalue weighted by atomic mass is 35.5. The second-order valence-corrected chi connectivity index (χ2v) is 3.50. The van der Waals surface area contributed by atoms with Crippen LogP contribution in [-0.2, 0) is 0 Å². The summed E-state index contributed by atoms with van der Waals surface area (Å²) in [5.41, 5.74) is 0.145. The van der Waals surface area contributed by atoms with Crippen LogP contribution < -0.4 is 5.32 Å². The quantitative estimate of drug-likeness (QED) is 0.459. The van der Waals surface area contributed by atoms with Crippen LogP contribution in [0.15, 0.2) is 35.7 Å². The van der Waals surface area contributed by atoms with E-state index < -0.39 is 4.92 Å². The van der Waals surface area contributed by atoms with Gasteiger partial charge in [-0.2, -0.15) is 0 Å². The fourth-order valence-electron chi connectivity index (χ4n) is 0.991. The van der Waals surface area contributed by atoms with Gasteiger partial charge in [0.15, 0.2) is 0 Å². The lowest BCUT2D eigenvalue weighted by Gasteiger charge is -2.07. The summed E-state index contributed by atoms with van der Waals surface area (Å²) in [7, 11) is 0. The molecule has 1 N–H and O–H groups in total. The number of nitro groups is 1. The van der Waals surface area contributed by atoms with E-state index in [-0.39, 0.29) is 22.5 Å². The molecule has 0 saturated heterocycles. The third-order valence-corrected chi connectivity index (χ3v) is 2.03. The minimum atomic E-state index is -0.523. The fourth-order valence-corrected chi connectivity index (χ4v) is 1.14. The topological polar surface area (TPSA) is 55.2 Å². The summed E-state index contributed by atoms with van der Waals surface area (Å²) in [5.74, 6) is 0. The highest BCUT2D eigenvalue weighted by Crippen LogP contribution is 2.25. The van der Waals surface area contributed by atoms with Crippen molar-refractivity contribution < 1.29 is 4.92 Å². The minimum Gasteiger partial charge on any atom is -0.376 e. The average molecular weight is 245 g/mol. The van der Waals surface area contributed by atoms with Gasteiger partial charge in [-0.15, -0.1) is 0 Å². The molecule has 4 nitrogen and oxygen atoms in total. The summed E-state index contributed by atoms with van der Waals surface area (Å²) in [4.78, 5) is 10.1. The Hall–Kier alpha value is -1.29. The van der Waals surface area contributed by atoms with Crippen LogP contribution in [0.1, 0.15) is 26.7 Å². The first-order chi connectivity index (χ1) is 7.56. The maximum absolute atomic E-state index is 10.6. The predicted octanol–water partition coefficient (Wildman–Crippen LogP) is 3.19. The Kier molecular flexibility index (Phi) is 6.49. The van der Waals surface area contributed by atoms with Gasteiger partial charge < -0.3 is 5.32 Å². The number of allylic oxidation sites excluding steroid dienone is 2. The zero-order chi connectivity index (χ0) is 12.7. The normalized spacial score (nSPS) is 15.2. The molecule has 0 atom stereocenters. The maximum Gasteiger partial charge on any atom is 0.293 e. The zero-order valence-corrected chi connectivity index (χ0v) is 10.4. The van der Waals surface area contributed by atoms with E-state index >= 15 is 0 Å². The second-order valence-electron chi connectivity index (χ2n) is 3.04. The summed E-state index contributed by atoms with van der Waals surface area (Å²) in [5, 5.41) is 13.7. The molecule has 1 aliphatic carbocycles. The van der Waals surface area contributed by atoms with Crippen molar-refractivity contribution in [3.8, 4) is 0 Å². The Morgan fingerprint density at radius 2 is 2.06 bits per heavy atom. The Morgan fingerprint density at radius 1 is 1.56 bits per heavy atom. The number of hydrogen-bond acceptors (Lipinski definition) is 3. The van der Waals surface area contributed by atoms with Gasteiger partial charge in [0.25, 0.3) is 5.70 Å². The molecule has 1 fully saturated rings. The van der Waals surface area contributed by atoms with Crippen molar-refractivity contribution in [2.45, 2.75) is 32.7 Å². The number of rotatable bonds is 5. The van der Waals surface area contributed by atoms with Gasteiger partial charge in [-0.1, -0.05) is 38.6 Å². The number of hydrogen-bond donors (Lipinski definition) is 1. The van der Waals surface area contributed by atoms with Gasteiger partial charge in [-0.05, 0) is 12.8 Å². The first-order valence-electron chi connectivity index (χ1n) is 5.18. The van der Waals surface area contributed by atoms with Gasteiger partial charge in [0, 0.05) is 12.1 Å². The number of halogens is 1. The van der Waals surface area contributed by atoms with Crippen molar-refractivity contribution in [1.82, 2.24) is 5.32 Å². The van der Waals surface area contributed by atoms with E-state index in [0.29, 0.717) is 0 Å². The SMILES string of the molecule is C=C/C(=C(/NC1CC1)C(=C)Cl)[N+](=O)[O-].CC. The number of nitrogens with zero attached hydrogens (tertiary/aromatic N) is 1. The van der Waals surface area contributed by atoms with E-state index in [0.717, 1.165) is 18.9 Å². The van der Waals surface area contributed by atoms with Crippen LogP contribution >= 0.6 is 11.6 Å². The first-order valence-corrected chi connectivity index (χ1v) is 5.56. The van der Waals surface area contributed by atoms with E-state index in [1.165, 1.54) is 0 Å². The molecule has 0 heterocycles. The highest BCUT2D eigenvalue weighted by molar-refractivity contribution is 6.31. The molecule has 16 heavy (non-hydrogen) atoms. The third-order valence-electron chi connectivity index (χ3n) is 1.84. The van der Waals surface area contributed by atoms with Gasteiger partial charge in [0.1, 0.15) is 5.70 Å². The summed E-state index contributed by atoms with van der Waals surface area (Å²) >= 11 is 5.67. The monoisotopic (exact) mass is 244 g/mol. The van der Waals surface area contributed by atoms with E-state index in [1.54, 1.807) is 0 Å². The molecule has 0 aromatic rings. The molecule has 0 radical (unpaired) electrons. The van der Waals surface area contributed by atoms with Crippen LogP contribution in [0.4, 0.5) is 0 Å². The molecule has 0 spiro atoms. The van der Waals surface area contributed by atoms with E-state index in [1.807, 2.05) is 13.8 Å². The Morgan fingerprint density at radius 3 is 2.31 bits per heavy atom. The Balaban J connectivity index is 0.00000106. The van der Waals surface area contributed by atoms with Crippen molar-refractivity contribution in [2.75, 3.05) is 0 Å². The molecular weight excluding hydrogens is 228 g/mol. The van der Waals surface area contributed by atoms with Gasteiger partial charge in [-0.3, -0.25) is 10.1 Å². The largest absolute Gasteiger partial charge is 0.376 e. The standard InChI is InChI=1S/C9H11ClN2O2.C2H6/c1-3-8(12(13)14)9(6(2)10)11-7-4-5-7;1-2/h3,7,11H,1-2,4-5H2;1-2H3/b9-8-;. The lowest BCUT2D eigenvalue weighted by molar-refractivity contribution is -0.420. The van der Waals surface area contributed by atoms with Crippen molar-refractivity contribution in [2.24, 2.45) is 0 Å². The predicted molar refractivity (Wildman–Crippen MR) is 66.7 cm³/mol. The summed E-state index contributed by atoms with van der Waals surface area (Å²) in [6, 6.07) is 0.287. The van der Waals surface area contributed by atoms with Crippen molar-refractivity contribution in [3.05, 3.63) is 45.8 Å². The maximum atomic E-state index is 10.6. The molecule has 1 rings (SSSR count). The number of nitrogens with one attached hydrogen (secondary N) is 1. The van der Waals surface area contributed by atoms with Crippen LogP contribution in [-0.4, -0.2) is 11.0 Å². The molecule has 0 bridgehead atoms. The molecule has 1 aliphatic rings. The summed E-state index contributed by atoms with van der Waals surface area (Å²) < 4.78 is 0. The molecule has 0 unspecified atom stereocenters. The second kappa shape index (κ2) is 7.06. The first kappa shape index (κ1) is 14.7. The molecule has 0 amide bonds. The van der Waals surface area contributed by atoms with Crippen LogP contribution in [0.2, 0.25) is 0 Å². The molecule has 0 aromatic carbocycles. The zero-order valence-electron chi connectivity index (χ0n) is 9.62. The van der Waals surface area contributed by atoms with Crippen LogP contribution in [0.5, 0.6) is 0 Å². The van der Waals surface area contributed by atoms with Gasteiger partial charge in [-0.25, -0.2) is 0 Å². The van der Waals surface area contributed by atoms with E-state index in [2.05, 4.69) is 18.5 Å². The molecule has 90 valence electrons. The molecule has 1 saturated carbocycles. The molecular formula is C11H17ClN2O2. The highest BCUT2D eigenvalue weighted by Gasteiger charge is 2.26. The minimum absolute atomic E-state index is 0.128. The van der Waals surface area contributed by atoms with E-state index in [9.17, 15) is 10.1 Å². The molecule has 0 aliphatic heterocycles. The lowest BCUT2D eigenvalue weighted by Crippen LogP contribution is -2.19. The average Bonchev–Trinajstić information content (AvgIpc) is 3.03. The summed E-state index contributed by atoms with van der Waals surface area (Å²) in [6.07, 6.45) is 3.18. The van der Waals surface area contributed by atoms with Gasteiger partial charge in [0.2, 0.25) is 0 Å². The molecule has 0 aromatic heterocycles. The Labute approximate surface area is 101 Å². The van der Waals surface area contributed by atoms with Crippen molar-refractivity contribution in [3.63, 3.8) is 0 Å². The van der Waals surface area contributed by atoms with Crippen LogP contribution in [0, 0.1) is 10.1 Å². The van der Waals surface area contributed by atoms with Gasteiger partial charge >= 0.3 is 0 Å². The smallest absolute Gasteiger partial charge is 0.293 e. The van der Waals surface area contributed by atoms with Crippen LogP contribution in [0.25, 0.3) is 0 Å². The van der Waals surface area contributed by atoms with Crippen molar-refractivity contribution >= 4 is 11.6 Å². The van der Waals surface area contributed by atoms with Crippen molar-refractivity contribution in [1.29, 1.82) is 0 Å². The van der Waals surface area contributed by atoms with Crippen LogP contribution in [0.3, 0.4) is 0 Å².